The summed E-state index contributed by atoms with van der Waals surface area (Å²) < 4.78 is 13.3. The van der Waals surface area contributed by atoms with Crippen LogP contribution in [-0.4, -0.2) is 29.1 Å². The van der Waals surface area contributed by atoms with E-state index in [1.165, 1.54) is 36.0 Å². The highest BCUT2D eigenvalue weighted by Crippen LogP contribution is 2.54. The number of rotatable bonds is 3. The first kappa shape index (κ1) is 21.5. The second kappa shape index (κ2) is 8.23. The Bertz CT molecular complexity index is 1230. The molecule has 3 aromatic carbocycles. The third-order valence-corrected chi connectivity index (χ3v) is 7.57. The van der Waals surface area contributed by atoms with E-state index < -0.39 is 4.87 Å². The van der Waals surface area contributed by atoms with Crippen molar-refractivity contribution in [1.82, 2.24) is 4.90 Å². The predicted molar refractivity (Wildman–Crippen MR) is 130 cm³/mol. The number of urea groups is 1. The van der Waals surface area contributed by atoms with Gasteiger partial charge < -0.3 is 10.2 Å². The molecule has 0 aliphatic carbocycles. The molecule has 0 saturated carbocycles. The SMILES string of the molecule is Cc1ccc(CN2C(=O)[C@]3(SCCN3C(=O)Nc3ccc(F)cc3)c3cc(C)ccc32)cc1. The van der Waals surface area contributed by atoms with Gasteiger partial charge in [-0.1, -0.05) is 47.5 Å². The van der Waals surface area contributed by atoms with Crippen molar-refractivity contribution in [2.45, 2.75) is 25.3 Å². The Balaban J connectivity index is 1.52. The molecule has 3 aromatic rings. The Morgan fingerprint density at radius 1 is 1.03 bits per heavy atom. The standard InChI is InChI=1S/C26H24FN3O2S/c1-17-3-6-19(7-4-17)16-29-23-12-5-18(2)15-22(23)26(24(29)31)30(13-14-33-26)25(32)28-21-10-8-20(27)9-11-21/h3-12,15H,13-14,16H2,1-2H3,(H,28,32)/t26-/m1/s1. The van der Waals surface area contributed by atoms with Crippen LogP contribution >= 0.6 is 11.8 Å². The Morgan fingerprint density at radius 2 is 1.73 bits per heavy atom. The lowest BCUT2D eigenvalue weighted by Gasteiger charge is -2.33. The minimum absolute atomic E-state index is 0.111. The van der Waals surface area contributed by atoms with E-state index in [0.29, 0.717) is 24.5 Å². The van der Waals surface area contributed by atoms with Crippen LogP contribution in [0.2, 0.25) is 0 Å². The van der Waals surface area contributed by atoms with Gasteiger partial charge in [0.25, 0.3) is 5.91 Å². The summed E-state index contributed by atoms with van der Waals surface area (Å²) in [6.07, 6.45) is 0. The quantitative estimate of drug-likeness (QED) is 0.566. The summed E-state index contributed by atoms with van der Waals surface area (Å²) in [4.78, 5) is 29.6. The van der Waals surface area contributed by atoms with E-state index in [1.54, 1.807) is 9.80 Å². The van der Waals surface area contributed by atoms with Crippen LogP contribution in [0.25, 0.3) is 0 Å². The van der Waals surface area contributed by atoms with E-state index in [0.717, 1.165) is 27.9 Å². The predicted octanol–water partition coefficient (Wildman–Crippen LogP) is 5.42. The molecule has 0 radical (unpaired) electrons. The summed E-state index contributed by atoms with van der Waals surface area (Å²) in [5.74, 6) is 0.165. The number of hydrogen-bond acceptors (Lipinski definition) is 3. The zero-order chi connectivity index (χ0) is 23.2. The molecule has 2 heterocycles. The number of nitrogens with one attached hydrogen (secondary N) is 1. The van der Waals surface area contributed by atoms with Gasteiger partial charge in [-0.2, -0.15) is 0 Å². The highest BCUT2D eigenvalue weighted by Gasteiger charge is 2.59. The molecule has 33 heavy (non-hydrogen) atoms. The second-order valence-electron chi connectivity index (χ2n) is 8.48. The van der Waals surface area contributed by atoms with E-state index in [1.807, 2.05) is 56.3 Å². The molecule has 5 nitrogen and oxygen atoms in total. The molecule has 5 rings (SSSR count). The second-order valence-corrected chi connectivity index (χ2v) is 9.77. The number of benzene rings is 3. The average molecular weight is 462 g/mol. The van der Waals surface area contributed by atoms with E-state index in [-0.39, 0.29) is 17.8 Å². The van der Waals surface area contributed by atoms with Gasteiger partial charge in [0, 0.05) is 23.5 Å². The first-order chi connectivity index (χ1) is 15.9. The van der Waals surface area contributed by atoms with Crippen LogP contribution < -0.4 is 10.2 Å². The summed E-state index contributed by atoms with van der Waals surface area (Å²) in [5, 5.41) is 2.84. The van der Waals surface area contributed by atoms with Crippen molar-refractivity contribution in [1.29, 1.82) is 0 Å². The lowest BCUT2D eigenvalue weighted by atomic mass is 10.0. The fraction of sp³-hybridized carbons (Fsp3) is 0.231. The van der Waals surface area contributed by atoms with Crippen LogP contribution in [0.3, 0.4) is 0 Å². The zero-order valence-corrected chi connectivity index (χ0v) is 19.3. The Hall–Kier alpha value is -3.32. The van der Waals surface area contributed by atoms with Gasteiger partial charge in [-0.25, -0.2) is 9.18 Å². The maximum Gasteiger partial charge on any atom is 0.323 e. The van der Waals surface area contributed by atoms with Crippen LogP contribution in [0.1, 0.15) is 22.3 Å². The third-order valence-electron chi connectivity index (χ3n) is 6.15. The minimum atomic E-state index is -1.11. The first-order valence-corrected chi connectivity index (χ1v) is 11.8. The summed E-state index contributed by atoms with van der Waals surface area (Å²) in [6, 6.07) is 19.4. The summed E-state index contributed by atoms with van der Waals surface area (Å²) in [6.45, 7) is 4.90. The van der Waals surface area contributed by atoms with Gasteiger partial charge in [-0.15, -0.1) is 11.8 Å². The van der Waals surface area contributed by atoms with Crippen LogP contribution in [0.5, 0.6) is 0 Å². The molecule has 0 bridgehead atoms. The molecule has 7 heteroatoms. The van der Waals surface area contributed by atoms with Gasteiger partial charge in [0.15, 0.2) is 4.87 Å². The molecule has 1 atom stereocenters. The van der Waals surface area contributed by atoms with Crippen molar-refractivity contribution < 1.29 is 14.0 Å². The summed E-state index contributed by atoms with van der Waals surface area (Å²) in [5.41, 5.74) is 5.39. The van der Waals surface area contributed by atoms with E-state index in [4.69, 9.17) is 0 Å². The summed E-state index contributed by atoms with van der Waals surface area (Å²) in [7, 11) is 0. The van der Waals surface area contributed by atoms with Crippen molar-refractivity contribution in [3.05, 3.63) is 94.8 Å². The number of fused-ring (bicyclic) bond motifs is 2. The lowest BCUT2D eigenvalue weighted by Crippen LogP contribution is -2.51. The maximum absolute atomic E-state index is 14.0. The monoisotopic (exact) mass is 461 g/mol. The molecule has 1 spiro atoms. The largest absolute Gasteiger partial charge is 0.323 e. The molecule has 168 valence electrons. The Kier molecular flexibility index (Phi) is 5.37. The normalized spacial score (nSPS) is 19.3. The van der Waals surface area contributed by atoms with Gasteiger partial charge in [0.1, 0.15) is 5.82 Å². The Labute approximate surface area is 196 Å². The molecule has 0 unspecified atom stereocenters. The molecule has 0 aromatic heterocycles. The fourth-order valence-corrected chi connectivity index (χ4v) is 5.94. The zero-order valence-electron chi connectivity index (χ0n) is 18.5. The van der Waals surface area contributed by atoms with Crippen LogP contribution in [0, 0.1) is 19.7 Å². The van der Waals surface area contributed by atoms with Crippen molar-refractivity contribution in [2.24, 2.45) is 0 Å². The van der Waals surface area contributed by atoms with Gasteiger partial charge in [0.05, 0.1) is 12.2 Å². The summed E-state index contributed by atoms with van der Waals surface area (Å²) >= 11 is 1.49. The van der Waals surface area contributed by atoms with Crippen LogP contribution in [0.4, 0.5) is 20.6 Å². The molecular formula is C26H24FN3O2S. The van der Waals surface area contributed by atoms with Crippen LogP contribution in [0.15, 0.2) is 66.7 Å². The number of thioether (sulfide) groups is 1. The molecular weight excluding hydrogens is 437 g/mol. The van der Waals surface area contributed by atoms with E-state index >= 15 is 0 Å². The fourth-order valence-electron chi connectivity index (χ4n) is 4.49. The number of hydrogen-bond donors (Lipinski definition) is 1. The minimum Gasteiger partial charge on any atom is -0.308 e. The number of carbonyl (C=O) groups is 2. The van der Waals surface area contributed by atoms with Gasteiger partial charge in [-0.3, -0.25) is 9.69 Å². The number of nitrogens with zero attached hydrogens (tertiary/aromatic N) is 2. The highest BCUT2D eigenvalue weighted by molar-refractivity contribution is 8.01. The molecule has 2 aliphatic heterocycles. The van der Waals surface area contributed by atoms with Crippen molar-refractivity contribution in [3.8, 4) is 0 Å². The van der Waals surface area contributed by atoms with Gasteiger partial charge in [0.2, 0.25) is 0 Å². The Morgan fingerprint density at radius 3 is 2.45 bits per heavy atom. The van der Waals surface area contributed by atoms with E-state index in [9.17, 15) is 14.0 Å². The topological polar surface area (TPSA) is 52.7 Å². The molecule has 3 amide bonds. The van der Waals surface area contributed by atoms with Crippen molar-refractivity contribution >= 4 is 35.1 Å². The number of anilines is 2. The number of amides is 3. The average Bonchev–Trinajstić information content (AvgIpc) is 3.34. The number of halogens is 1. The molecule has 2 aliphatic rings. The van der Waals surface area contributed by atoms with E-state index in [2.05, 4.69) is 5.32 Å². The van der Waals surface area contributed by atoms with Gasteiger partial charge >= 0.3 is 6.03 Å². The maximum atomic E-state index is 14.0. The van der Waals surface area contributed by atoms with Gasteiger partial charge in [-0.05, 0) is 49.7 Å². The van der Waals surface area contributed by atoms with Crippen molar-refractivity contribution in [3.63, 3.8) is 0 Å². The molecule has 1 fully saturated rings. The third kappa shape index (κ3) is 3.66. The van der Waals surface area contributed by atoms with Crippen molar-refractivity contribution in [2.75, 3.05) is 22.5 Å². The highest BCUT2D eigenvalue weighted by atomic mass is 32.2. The van der Waals surface area contributed by atoms with Crippen LogP contribution in [-0.2, 0) is 16.2 Å². The number of carbonyl (C=O) groups excluding carboxylic acids is 2. The smallest absolute Gasteiger partial charge is 0.308 e. The molecule has 1 saturated heterocycles. The lowest BCUT2D eigenvalue weighted by molar-refractivity contribution is -0.123. The number of aryl methyl sites for hydroxylation is 2. The first-order valence-electron chi connectivity index (χ1n) is 10.9. The molecule has 1 N–H and O–H groups in total.